The van der Waals surface area contributed by atoms with E-state index in [1.54, 1.807) is 0 Å². The van der Waals surface area contributed by atoms with Crippen LogP contribution in [0.2, 0.25) is 0 Å². The summed E-state index contributed by atoms with van der Waals surface area (Å²) in [5, 5.41) is 10.8. The molecule has 1 aromatic rings. The minimum absolute atomic E-state index is 0.0760. The third kappa shape index (κ3) is 2.20. The standard InChI is InChI=1S/C9H11FN2O2/c10-6-2-1-3-7(11)8(6)9(14)12-4-5-13/h1-3,13H,4-5,11H2,(H,12,14). The smallest absolute Gasteiger partial charge is 0.256 e. The number of halogens is 1. The average Bonchev–Trinajstić information content (AvgIpc) is 2.14. The molecule has 0 aromatic heterocycles. The number of nitrogens with two attached hydrogens (primary N) is 1. The Morgan fingerprint density at radius 2 is 2.29 bits per heavy atom. The van der Waals surface area contributed by atoms with Gasteiger partial charge in [-0.1, -0.05) is 6.07 Å². The summed E-state index contributed by atoms with van der Waals surface area (Å²) in [4.78, 5) is 11.3. The predicted octanol–water partition coefficient (Wildman–Crippen LogP) is 0.130. The van der Waals surface area contributed by atoms with Crippen molar-refractivity contribution in [3.05, 3.63) is 29.6 Å². The van der Waals surface area contributed by atoms with E-state index in [4.69, 9.17) is 10.8 Å². The zero-order valence-electron chi connectivity index (χ0n) is 7.46. The number of carbonyl (C=O) groups is 1. The van der Waals surface area contributed by atoms with E-state index in [1.807, 2.05) is 0 Å². The molecule has 76 valence electrons. The minimum Gasteiger partial charge on any atom is -0.398 e. The third-order valence-electron chi connectivity index (χ3n) is 1.67. The number of hydrogen-bond acceptors (Lipinski definition) is 3. The van der Waals surface area contributed by atoms with E-state index in [-0.39, 0.29) is 24.4 Å². The molecule has 4 N–H and O–H groups in total. The second kappa shape index (κ2) is 4.57. The summed E-state index contributed by atoms with van der Waals surface area (Å²) in [5.41, 5.74) is 5.33. The third-order valence-corrected chi connectivity index (χ3v) is 1.67. The second-order valence-corrected chi connectivity index (χ2v) is 2.68. The first kappa shape index (κ1) is 10.5. The van der Waals surface area contributed by atoms with Crippen LogP contribution in [0.15, 0.2) is 18.2 Å². The molecule has 5 heteroatoms. The molecule has 0 fully saturated rings. The SMILES string of the molecule is Nc1cccc(F)c1C(=O)NCCO. The highest BCUT2D eigenvalue weighted by molar-refractivity contribution is 5.99. The quantitative estimate of drug-likeness (QED) is 0.604. The van der Waals surface area contributed by atoms with Gasteiger partial charge in [0.15, 0.2) is 0 Å². The zero-order valence-corrected chi connectivity index (χ0v) is 7.46. The van der Waals surface area contributed by atoms with Crippen LogP contribution in [-0.2, 0) is 0 Å². The Kier molecular flexibility index (Phi) is 3.41. The molecule has 0 spiro atoms. The van der Waals surface area contributed by atoms with Gasteiger partial charge < -0.3 is 16.2 Å². The van der Waals surface area contributed by atoms with Gasteiger partial charge in [-0.3, -0.25) is 4.79 Å². The summed E-state index contributed by atoms with van der Waals surface area (Å²) < 4.78 is 13.1. The first-order valence-electron chi connectivity index (χ1n) is 4.10. The van der Waals surface area contributed by atoms with Gasteiger partial charge in [0.1, 0.15) is 5.82 Å². The summed E-state index contributed by atoms with van der Waals surface area (Å²) >= 11 is 0. The molecule has 0 aliphatic carbocycles. The number of hydrogen-bond donors (Lipinski definition) is 3. The Hall–Kier alpha value is -1.62. The van der Waals surface area contributed by atoms with Crippen molar-refractivity contribution in [3.63, 3.8) is 0 Å². The Morgan fingerprint density at radius 3 is 2.86 bits per heavy atom. The van der Waals surface area contributed by atoms with E-state index in [0.29, 0.717) is 0 Å². The molecule has 14 heavy (non-hydrogen) atoms. The highest BCUT2D eigenvalue weighted by Crippen LogP contribution is 2.14. The monoisotopic (exact) mass is 198 g/mol. The molecule has 1 aromatic carbocycles. The van der Waals surface area contributed by atoms with Crippen LogP contribution >= 0.6 is 0 Å². The summed E-state index contributed by atoms with van der Waals surface area (Å²) in [6, 6.07) is 4.02. The number of nitrogens with one attached hydrogen (secondary N) is 1. The fraction of sp³-hybridized carbons (Fsp3) is 0.222. The maximum absolute atomic E-state index is 13.1. The van der Waals surface area contributed by atoms with Crippen molar-refractivity contribution in [2.24, 2.45) is 0 Å². The van der Waals surface area contributed by atoms with Gasteiger partial charge in [-0.2, -0.15) is 0 Å². The zero-order chi connectivity index (χ0) is 10.6. The maximum Gasteiger partial charge on any atom is 0.256 e. The summed E-state index contributed by atoms with van der Waals surface area (Å²) in [7, 11) is 0. The average molecular weight is 198 g/mol. The first-order valence-corrected chi connectivity index (χ1v) is 4.10. The van der Waals surface area contributed by atoms with Crippen molar-refractivity contribution in [2.75, 3.05) is 18.9 Å². The molecule has 0 saturated heterocycles. The van der Waals surface area contributed by atoms with Crippen LogP contribution < -0.4 is 11.1 Å². The molecule has 0 aliphatic rings. The molecule has 0 heterocycles. The van der Waals surface area contributed by atoms with E-state index in [2.05, 4.69) is 5.32 Å². The number of carbonyl (C=O) groups excluding carboxylic acids is 1. The van der Waals surface area contributed by atoms with Gasteiger partial charge in [-0.25, -0.2) is 4.39 Å². The normalized spacial score (nSPS) is 9.86. The van der Waals surface area contributed by atoms with Crippen molar-refractivity contribution in [1.82, 2.24) is 5.32 Å². The lowest BCUT2D eigenvalue weighted by atomic mass is 10.1. The molecule has 4 nitrogen and oxygen atoms in total. The topological polar surface area (TPSA) is 75.4 Å². The molecule has 0 radical (unpaired) electrons. The van der Waals surface area contributed by atoms with Crippen molar-refractivity contribution in [2.45, 2.75) is 0 Å². The summed E-state index contributed by atoms with van der Waals surface area (Å²) in [6.45, 7) is -0.118. The van der Waals surface area contributed by atoms with E-state index >= 15 is 0 Å². The van der Waals surface area contributed by atoms with E-state index in [0.717, 1.165) is 6.07 Å². The lowest BCUT2D eigenvalue weighted by molar-refractivity contribution is 0.0941. The number of aliphatic hydroxyl groups excluding tert-OH is 1. The van der Waals surface area contributed by atoms with Gasteiger partial charge in [0.25, 0.3) is 5.91 Å². The van der Waals surface area contributed by atoms with E-state index in [1.165, 1.54) is 12.1 Å². The fourth-order valence-electron chi connectivity index (χ4n) is 1.04. The van der Waals surface area contributed by atoms with Crippen LogP contribution in [0.5, 0.6) is 0 Å². The second-order valence-electron chi connectivity index (χ2n) is 2.68. The predicted molar refractivity (Wildman–Crippen MR) is 50.2 cm³/mol. The molecular formula is C9H11FN2O2. The van der Waals surface area contributed by atoms with Crippen molar-refractivity contribution in [3.8, 4) is 0 Å². The number of aliphatic hydroxyl groups is 1. The Bertz CT molecular complexity index is 321. The van der Waals surface area contributed by atoms with Gasteiger partial charge >= 0.3 is 0 Å². The number of benzene rings is 1. The molecule has 0 bridgehead atoms. The van der Waals surface area contributed by atoms with E-state index in [9.17, 15) is 9.18 Å². The molecule has 0 unspecified atom stereocenters. The summed E-state index contributed by atoms with van der Waals surface area (Å²) in [6.07, 6.45) is 0. The van der Waals surface area contributed by atoms with Gasteiger partial charge in [0, 0.05) is 12.2 Å². The highest BCUT2D eigenvalue weighted by Gasteiger charge is 2.13. The van der Waals surface area contributed by atoms with Crippen LogP contribution in [0.25, 0.3) is 0 Å². The highest BCUT2D eigenvalue weighted by atomic mass is 19.1. The van der Waals surface area contributed by atoms with Crippen molar-refractivity contribution in [1.29, 1.82) is 0 Å². The van der Waals surface area contributed by atoms with Crippen molar-refractivity contribution < 1.29 is 14.3 Å². The summed E-state index contributed by atoms with van der Waals surface area (Å²) in [5.74, 6) is -1.28. The van der Waals surface area contributed by atoms with Gasteiger partial charge in [-0.15, -0.1) is 0 Å². The number of amides is 1. The first-order chi connectivity index (χ1) is 6.66. The number of rotatable bonds is 3. The van der Waals surface area contributed by atoms with Crippen LogP contribution in [0.4, 0.5) is 10.1 Å². The Balaban J connectivity index is 2.89. The van der Waals surface area contributed by atoms with Gasteiger partial charge in [0.05, 0.1) is 12.2 Å². The molecule has 0 saturated carbocycles. The van der Waals surface area contributed by atoms with Crippen LogP contribution in [0.1, 0.15) is 10.4 Å². The fourth-order valence-corrected chi connectivity index (χ4v) is 1.04. The largest absolute Gasteiger partial charge is 0.398 e. The van der Waals surface area contributed by atoms with Gasteiger partial charge in [0.2, 0.25) is 0 Å². The Labute approximate surface area is 80.5 Å². The van der Waals surface area contributed by atoms with Crippen LogP contribution in [0, 0.1) is 5.82 Å². The Morgan fingerprint density at radius 1 is 1.57 bits per heavy atom. The molecular weight excluding hydrogens is 187 g/mol. The van der Waals surface area contributed by atoms with Gasteiger partial charge in [-0.05, 0) is 12.1 Å². The lowest BCUT2D eigenvalue weighted by Crippen LogP contribution is -2.28. The minimum atomic E-state index is -0.666. The van der Waals surface area contributed by atoms with Crippen LogP contribution in [0.3, 0.4) is 0 Å². The number of nitrogen functional groups attached to an aromatic ring is 1. The van der Waals surface area contributed by atoms with Crippen molar-refractivity contribution >= 4 is 11.6 Å². The lowest BCUT2D eigenvalue weighted by Gasteiger charge is -2.06. The molecule has 1 rings (SSSR count). The van der Waals surface area contributed by atoms with Crippen LogP contribution in [-0.4, -0.2) is 24.2 Å². The molecule has 1 amide bonds. The molecule has 0 aliphatic heterocycles. The molecule has 0 atom stereocenters. The number of anilines is 1. The van der Waals surface area contributed by atoms with E-state index < -0.39 is 11.7 Å². The maximum atomic E-state index is 13.1.